The van der Waals surface area contributed by atoms with Crippen molar-refractivity contribution in [1.82, 2.24) is 20.1 Å². The number of benzene rings is 1. The molecule has 0 spiro atoms. The van der Waals surface area contributed by atoms with E-state index in [2.05, 4.69) is 20.7 Å². The van der Waals surface area contributed by atoms with E-state index >= 15 is 0 Å². The van der Waals surface area contributed by atoms with Crippen molar-refractivity contribution in [3.63, 3.8) is 0 Å². The van der Waals surface area contributed by atoms with Gasteiger partial charge >= 0.3 is 6.18 Å². The van der Waals surface area contributed by atoms with E-state index in [1.54, 1.807) is 0 Å². The second-order valence-corrected chi connectivity index (χ2v) is 8.37. The molecule has 0 unspecified atom stereocenters. The van der Waals surface area contributed by atoms with Crippen molar-refractivity contribution in [3.05, 3.63) is 76.5 Å². The van der Waals surface area contributed by atoms with Crippen molar-refractivity contribution in [2.24, 2.45) is 0 Å². The van der Waals surface area contributed by atoms with E-state index in [0.717, 1.165) is 22.2 Å². The third kappa shape index (κ3) is 5.05. The van der Waals surface area contributed by atoms with Crippen molar-refractivity contribution < 1.29 is 22.4 Å². The lowest BCUT2D eigenvalue weighted by molar-refractivity contribution is -0.173. The molecule has 0 aliphatic carbocycles. The summed E-state index contributed by atoms with van der Waals surface area (Å²) in [6, 6.07) is 7.84. The molecule has 2 aromatic heterocycles. The van der Waals surface area contributed by atoms with Gasteiger partial charge in [0.15, 0.2) is 6.04 Å². The molecule has 2 N–H and O–H groups in total. The smallest absolute Gasteiger partial charge is 0.363 e. The van der Waals surface area contributed by atoms with Crippen LogP contribution in [0, 0.1) is 12.7 Å². The first-order chi connectivity index (χ1) is 16.2. The minimum Gasteiger partial charge on any atom is -0.363 e. The predicted octanol–water partition coefficient (Wildman–Crippen LogP) is 4.81. The molecule has 0 bridgehead atoms. The zero-order chi connectivity index (χ0) is 24.5. The first-order valence-electron chi connectivity index (χ1n) is 11.0. The van der Waals surface area contributed by atoms with E-state index in [0.29, 0.717) is 11.3 Å². The number of hydrogen-bond acceptors (Lipinski definition) is 4. The highest BCUT2D eigenvalue weighted by atomic mass is 19.4. The maximum atomic E-state index is 13.9. The van der Waals surface area contributed by atoms with Crippen LogP contribution in [0.5, 0.6) is 0 Å². The molecule has 4 rings (SSSR count). The molecule has 3 heterocycles. The molecule has 0 radical (unpaired) electrons. The summed E-state index contributed by atoms with van der Waals surface area (Å²) in [4.78, 5) is 16.6. The summed E-state index contributed by atoms with van der Waals surface area (Å²) in [6.45, 7) is 3.61. The van der Waals surface area contributed by atoms with Gasteiger partial charge in [-0.2, -0.15) is 18.3 Å². The molecule has 6 nitrogen and oxygen atoms in total. The highest BCUT2D eigenvalue weighted by molar-refractivity contribution is 5.80. The third-order valence-corrected chi connectivity index (χ3v) is 6.00. The number of aryl methyl sites for hydroxylation is 2. The first kappa shape index (κ1) is 23.7. The number of aromatic nitrogens is 3. The lowest BCUT2D eigenvalue weighted by atomic mass is 9.95. The van der Waals surface area contributed by atoms with E-state index in [1.807, 2.05) is 31.2 Å². The van der Waals surface area contributed by atoms with Gasteiger partial charge < -0.3 is 10.6 Å². The van der Waals surface area contributed by atoms with Crippen LogP contribution in [0.4, 0.5) is 23.4 Å². The van der Waals surface area contributed by atoms with Crippen LogP contribution in [0.1, 0.15) is 53.5 Å². The summed E-state index contributed by atoms with van der Waals surface area (Å²) >= 11 is 0. The molecule has 1 aliphatic rings. The van der Waals surface area contributed by atoms with Crippen LogP contribution >= 0.6 is 0 Å². The van der Waals surface area contributed by atoms with E-state index in [-0.39, 0.29) is 30.9 Å². The monoisotopic (exact) mass is 475 g/mol. The average Bonchev–Trinajstić information content (AvgIpc) is 3.21. The van der Waals surface area contributed by atoms with Crippen LogP contribution in [0.15, 0.2) is 42.6 Å². The van der Waals surface area contributed by atoms with Crippen molar-refractivity contribution >= 4 is 11.7 Å². The van der Waals surface area contributed by atoms with Crippen LogP contribution in [0.25, 0.3) is 0 Å². The van der Waals surface area contributed by atoms with Gasteiger partial charge in [-0.15, -0.1) is 0 Å². The number of carbonyl (C=O) groups excluding carboxylic acids is 1. The number of nitrogens with zero attached hydrogens (tertiary/aromatic N) is 3. The Hall–Kier alpha value is -3.43. The summed E-state index contributed by atoms with van der Waals surface area (Å²) in [5.74, 6) is -0.658. The molecular formula is C24H25F4N5O. The summed E-state index contributed by atoms with van der Waals surface area (Å²) < 4.78 is 55.9. The molecule has 1 aromatic carbocycles. The van der Waals surface area contributed by atoms with Crippen LogP contribution in [-0.4, -0.2) is 26.8 Å². The van der Waals surface area contributed by atoms with E-state index in [9.17, 15) is 22.4 Å². The summed E-state index contributed by atoms with van der Waals surface area (Å²) in [6.07, 6.45) is -2.72. The number of alkyl halides is 3. The fraction of sp³-hybridized carbons (Fsp3) is 0.375. The van der Waals surface area contributed by atoms with Crippen LogP contribution in [0.3, 0.4) is 0 Å². The summed E-state index contributed by atoms with van der Waals surface area (Å²) in [7, 11) is 0. The maximum Gasteiger partial charge on any atom is 0.410 e. The topological polar surface area (TPSA) is 71.8 Å². The number of anilines is 1. The Morgan fingerprint density at radius 3 is 2.59 bits per heavy atom. The lowest BCUT2D eigenvalue weighted by Gasteiger charge is -2.34. The van der Waals surface area contributed by atoms with Gasteiger partial charge in [-0.1, -0.05) is 31.2 Å². The van der Waals surface area contributed by atoms with Crippen LogP contribution in [-0.2, 0) is 24.2 Å². The van der Waals surface area contributed by atoms with Crippen LogP contribution in [0.2, 0.25) is 0 Å². The molecule has 3 aromatic rings. The molecule has 0 saturated carbocycles. The molecule has 0 fully saturated rings. The Morgan fingerprint density at radius 1 is 1.21 bits per heavy atom. The Kier molecular flexibility index (Phi) is 6.58. The largest absolute Gasteiger partial charge is 0.410 e. The first-order valence-corrected chi connectivity index (χ1v) is 11.0. The van der Waals surface area contributed by atoms with Gasteiger partial charge in [0.25, 0.3) is 0 Å². The van der Waals surface area contributed by atoms with E-state index in [1.165, 1.54) is 25.3 Å². The normalized spacial score (nSPS) is 17.7. The van der Waals surface area contributed by atoms with Gasteiger partial charge in [0.2, 0.25) is 5.91 Å². The minimum absolute atomic E-state index is 0.0778. The number of fused-ring (bicyclic) bond motifs is 1. The highest BCUT2D eigenvalue weighted by Gasteiger charge is 2.46. The van der Waals surface area contributed by atoms with Crippen molar-refractivity contribution in [3.8, 4) is 0 Å². The quantitative estimate of drug-likeness (QED) is 0.502. The predicted molar refractivity (Wildman–Crippen MR) is 119 cm³/mol. The number of rotatable bonds is 6. The molecule has 1 aliphatic heterocycles. The van der Waals surface area contributed by atoms with Gasteiger partial charge in [-0.25, -0.2) is 9.07 Å². The SMILES string of the molecule is CCc1ccc([C@H]2C[C@@H](C(F)(F)F)n3ncc(CC(=O)NCc4ccc(F)c(C)n4)c3N2)cc1. The Morgan fingerprint density at radius 2 is 1.94 bits per heavy atom. The van der Waals surface area contributed by atoms with Crippen LogP contribution < -0.4 is 10.6 Å². The maximum absolute atomic E-state index is 13.9. The average molecular weight is 475 g/mol. The fourth-order valence-corrected chi connectivity index (χ4v) is 4.07. The molecular weight excluding hydrogens is 450 g/mol. The van der Waals surface area contributed by atoms with Gasteiger partial charge in [0, 0.05) is 12.0 Å². The van der Waals surface area contributed by atoms with Crippen molar-refractivity contribution in [2.45, 2.75) is 57.9 Å². The number of nitrogens with one attached hydrogen (secondary N) is 2. The third-order valence-electron chi connectivity index (χ3n) is 6.00. The van der Waals surface area contributed by atoms with Gasteiger partial charge in [0.05, 0.1) is 36.6 Å². The Balaban J connectivity index is 1.52. The Labute approximate surface area is 194 Å². The minimum atomic E-state index is -4.49. The molecule has 0 saturated heterocycles. The highest BCUT2D eigenvalue weighted by Crippen LogP contribution is 2.44. The fourth-order valence-electron chi connectivity index (χ4n) is 4.07. The van der Waals surface area contributed by atoms with E-state index in [4.69, 9.17) is 0 Å². The van der Waals surface area contributed by atoms with Crippen molar-refractivity contribution in [2.75, 3.05) is 5.32 Å². The number of halogens is 4. The Bertz CT molecular complexity index is 1170. The molecule has 10 heteroatoms. The number of carbonyl (C=O) groups is 1. The van der Waals surface area contributed by atoms with E-state index < -0.39 is 30.0 Å². The zero-order valence-electron chi connectivity index (χ0n) is 18.8. The van der Waals surface area contributed by atoms with Gasteiger partial charge in [0.1, 0.15) is 11.6 Å². The number of amides is 1. The molecule has 180 valence electrons. The molecule has 2 atom stereocenters. The lowest BCUT2D eigenvalue weighted by Crippen LogP contribution is -2.36. The summed E-state index contributed by atoms with van der Waals surface area (Å²) in [5.41, 5.74) is 2.91. The molecule has 1 amide bonds. The summed E-state index contributed by atoms with van der Waals surface area (Å²) in [5, 5.41) is 9.79. The second-order valence-electron chi connectivity index (χ2n) is 8.37. The van der Waals surface area contributed by atoms with Gasteiger partial charge in [-0.3, -0.25) is 9.78 Å². The number of hydrogen-bond donors (Lipinski definition) is 2. The second kappa shape index (κ2) is 9.44. The van der Waals surface area contributed by atoms with Crippen molar-refractivity contribution in [1.29, 1.82) is 0 Å². The number of pyridine rings is 1. The zero-order valence-corrected chi connectivity index (χ0v) is 18.8. The standard InChI is InChI=1S/C24H25F4N5O/c1-3-15-4-6-16(7-5-15)20-11-21(24(26,27)28)33-23(32-20)17(12-30-33)10-22(34)29-13-18-8-9-19(25)14(2)31-18/h4-9,12,20-21,32H,3,10-11,13H2,1-2H3,(H,29,34)/t20-,21+/m1/s1. The molecule has 34 heavy (non-hydrogen) atoms. The van der Waals surface area contributed by atoms with Gasteiger partial charge in [-0.05, 0) is 36.6 Å².